The van der Waals surface area contributed by atoms with E-state index in [0.29, 0.717) is 11.8 Å². The zero-order valence-corrected chi connectivity index (χ0v) is 9.87. The lowest BCUT2D eigenvalue weighted by Crippen LogP contribution is -2.39. The Bertz CT molecular complexity index is 232. The van der Waals surface area contributed by atoms with Crippen molar-refractivity contribution in [1.82, 2.24) is 4.90 Å². The number of urea groups is 1. The molecule has 82 valence electrons. The minimum atomic E-state index is -0.281. The fourth-order valence-corrected chi connectivity index (χ4v) is 2.52. The highest BCUT2D eigenvalue weighted by Crippen LogP contribution is 2.40. The molecule has 1 aliphatic heterocycles. The second-order valence-corrected chi connectivity index (χ2v) is 5.56. The van der Waals surface area contributed by atoms with Crippen molar-refractivity contribution in [3.63, 3.8) is 0 Å². The zero-order chi connectivity index (χ0) is 11.1. The van der Waals surface area contributed by atoms with E-state index in [4.69, 9.17) is 5.73 Å². The van der Waals surface area contributed by atoms with Crippen molar-refractivity contribution in [2.24, 2.45) is 23.0 Å². The number of carbonyl (C=O) groups excluding carboxylic acids is 1. The molecule has 3 heteroatoms. The van der Waals surface area contributed by atoms with Crippen LogP contribution in [-0.4, -0.2) is 23.5 Å². The van der Waals surface area contributed by atoms with Crippen molar-refractivity contribution >= 4 is 6.03 Å². The van der Waals surface area contributed by atoms with Crippen LogP contribution in [0.25, 0.3) is 0 Å². The maximum absolute atomic E-state index is 11.2. The summed E-state index contributed by atoms with van der Waals surface area (Å²) in [4.78, 5) is 13.0. The molecule has 0 bridgehead atoms. The minimum absolute atomic E-state index is 0.248. The summed E-state index contributed by atoms with van der Waals surface area (Å²) in [5.41, 5.74) is 5.59. The van der Waals surface area contributed by atoms with Crippen LogP contribution in [0.3, 0.4) is 0 Å². The van der Waals surface area contributed by atoms with Gasteiger partial charge in [-0.2, -0.15) is 0 Å². The van der Waals surface area contributed by atoms with Crippen molar-refractivity contribution in [2.45, 2.75) is 40.7 Å². The third-order valence-electron chi connectivity index (χ3n) is 3.68. The monoisotopic (exact) mass is 198 g/mol. The molecule has 0 spiro atoms. The van der Waals surface area contributed by atoms with Gasteiger partial charge in [0.25, 0.3) is 0 Å². The number of carbonyl (C=O) groups is 1. The molecule has 0 aliphatic carbocycles. The topological polar surface area (TPSA) is 46.3 Å². The molecular formula is C11H22N2O. The van der Waals surface area contributed by atoms with E-state index in [9.17, 15) is 4.79 Å². The van der Waals surface area contributed by atoms with Crippen LogP contribution in [0.4, 0.5) is 4.79 Å². The molecule has 1 fully saturated rings. The van der Waals surface area contributed by atoms with Gasteiger partial charge in [0.15, 0.2) is 0 Å². The summed E-state index contributed by atoms with van der Waals surface area (Å²) in [6.45, 7) is 11.8. The maximum atomic E-state index is 11.2. The molecule has 0 aromatic heterocycles. The summed E-state index contributed by atoms with van der Waals surface area (Å²) in [6.07, 6.45) is 0. The van der Waals surface area contributed by atoms with Crippen LogP contribution < -0.4 is 5.73 Å². The van der Waals surface area contributed by atoms with Gasteiger partial charge in [0.05, 0.1) is 0 Å². The van der Waals surface area contributed by atoms with E-state index in [1.54, 1.807) is 4.90 Å². The van der Waals surface area contributed by atoms with Crippen molar-refractivity contribution in [2.75, 3.05) is 6.54 Å². The maximum Gasteiger partial charge on any atom is 0.315 e. The number of amides is 2. The molecule has 2 N–H and O–H groups in total. The Morgan fingerprint density at radius 2 is 1.86 bits per heavy atom. The van der Waals surface area contributed by atoms with Gasteiger partial charge in [0.1, 0.15) is 0 Å². The molecule has 1 aliphatic rings. The molecule has 1 rings (SSSR count). The van der Waals surface area contributed by atoms with Gasteiger partial charge in [0, 0.05) is 12.6 Å². The van der Waals surface area contributed by atoms with E-state index in [-0.39, 0.29) is 17.5 Å². The van der Waals surface area contributed by atoms with Crippen molar-refractivity contribution in [1.29, 1.82) is 0 Å². The fraction of sp³-hybridized carbons (Fsp3) is 0.909. The standard InChI is InChI=1S/C11H22N2O/c1-7-8(2)13(10(12)14)6-9(7)11(3,4)5/h7-9H,6H2,1-5H3,(H2,12,14)/t7?,8-,9+/m0/s1. The summed E-state index contributed by atoms with van der Waals surface area (Å²) in [7, 11) is 0. The third-order valence-corrected chi connectivity index (χ3v) is 3.68. The zero-order valence-electron chi connectivity index (χ0n) is 9.87. The number of nitrogens with zero attached hydrogens (tertiary/aromatic N) is 1. The number of hydrogen-bond donors (Lipinski definition) is 1. The van der Waals surface area contributed by atoms with Crippen molar-refractivity contribution in [3.8, 4) is 0 Å². The van der Waals surface area contributed by atoms with Crippen LogP contribution >= 0.6 is 0 Å². The van der Waals surface area contributed by atoms with Crippen LogP contribution in [0.2, 0.25) is 0 Å². The average Bonchev–Trinajstić information content (AvgIpc) is 2.28. The average molecular weight is 198 g/mol. The molecule has 14 heavy (non-hydrogen) atoms. The summed E-state index contributed by atoms with van der Waals surface area (Å²) < 4.78 is 0. The van der Waals surface area contributed by atoms with E-state index >= 15 is 0 Å². The second kappa shape index (κ2) is 3.44. The number of likely N-dealkylation sites (tertiary alicyclic amines) is 1. The Morgan fingerprint density at radius 1 is 1.36 bits per heavy atom. The van der Waals surface area contributed by atoms with Crippen LogP contribution in [0.1, 0.15) is 34.6 Å². The lowest BCUT2D eigenvalue weighted by Gasteiger charge is -2.30. The van der Waals surface area contributed by atoms with Crippen LogP contribution in [0.15, 0.2) is 0 Å². The number of hydrogen-bond acceptors (Lipinski definition) is 1. The van der Waals surface area contributed by atoms with Crippen molar-refractivity contribution in [3.05, 3.63) is 0 Å². The summed E-state index contributed by atoms with van der Waals surface area (Å²) in [5, 5.41) is 0. The van der Waals surface area contributed by atoms with Crippen LogP contribution in [-0.2, 0) is 0 Å². The molecule has 3 atom stereocenters. The SMILES string of the molecule is CC1[C@H](C(C)(C)C)CN(C(N)=O)[C@H]1C. The van der Waals surface area contributed by atoms with Gasteiger partial charge in [-0.05, 0) is 24.2 Å². The molecule has 0 aromatic carbocycles. The van der Waals surface area contributed by atoms with Gasteiger partial charge in [-0.25, -0.2) is 4.79 Å². The van der Waals surface area contributed by atoms with E-state index in [1.165, 1.54) is 0 Å². The summed E-state index contributed by atoms with van der Waals surface area (Å²) in [6, 6.07) is -0.00664. The molecule has 0 aromatic rings. The first-order valence-corrected chi connectivity index (χ1v) is 5.31. The van der Waals surface area contributed by atoms with Gasteiger partial charge in [0.2, 0.25) is 0 Å². The number of nitrogens with two attached hydrogens (primary N) is 1. The fourth-order valence-electron chi connectivity index (χ4n) is 2.52. The normalized spacial score (nSPS) is 33.5. The summed E-state index contributed by atoms with van der Waals surface area (Å²) >= 11 is 0. The van der Waals surface area contributed by atoms with E-state index in [0.717, 1.165) is 6.54 Å². The number of rotatable bonds is 0. The van der Waals surface area contributed by atoms with Crippen molar-refractivity contribution < 1.29 is 4.79 Å². The first kappa shape index (κ1) is 11.3. The van der Waals surface area contributed by atoms with E-state index in [1.807, 2.05) is 0 Å². The second-order valence-electron chi connectivity index (χ2n) is 5.56. The quantitative estimate of drug-likeness (QED) is 0.636. The predicted octanol–water partition coefficient (Wildman–Crippen LogP) is 2.07. The third kappa shape index (κ3) is 1.86. The van der Waals surface area contributed by atoms with Crippen LogP contribution in [0, 0.1) is 17.3 Å². The lowest BCUT2D eigenvalue weighted by molar-refractivity contribution is 0.196. The predicted molar refractivity (Wildman–Crippen MR) is 57.9 cm³/mol. The number of primary amides is 1. The first-order chi connectivity index (χ1) is 6.25. The Balaban J connectivity index is 2.82. The molecular weight excluding hydrogens is 176 g/mol. The minimum Gasteiger partial charge on any atom is -0.351 e. The molecule has 2 amide bonds. The Hall–Kier alpha value is -0.730. The van der Waals surface area contributed by atoms with E-state index in [2.05, 4.69) is 34.6 Å². The highest BCUT2D eigenvalue weighted by Gasteiger charge is 2.43. The molecule has 0 saturated carbocycles. The molecule has 1 saturated heterocycles. The highest BCUT2D eigenvalue weighted by atomic mass is 16.2. The van der Waals surface area contributed by atoms with Gasteiger partial charge in [-0.15, -0.1) is 0 Å². The molecule has 1 unspecified atom stereocenters. The van der Waals surface area contributed by atoms with Gasteiger partial charge < -0.3 is 10.6 Å². The van der Waals surface area contributed by atoms with Gasteiger partial charge >= 0.3 is 6.03 Å². The Morgan fingerprint density at radius 3 is 2.07 bits per heavy atom. The van der Waals surface area contributed by atoms with Gasteiger partial charge in [-0.1, -0.05) is 27.7 Å². The highest BCUT2D eigenvalue weighted by molar-refractivity contribution is 5.72. The van der Waals surface area contributed by atoms with Crippen LogP contribution in [0.5, 0.6) is 0 Å². The lowest BCUT2D eigenvalue weighted by atomic mass is 9.74. The largest absolute Gasteiger partial charge is 0.351 e. The Labute approximate surface area is 86.6 Å². The summed E-state index contributed by atoms with van der Waals surface area (Å²) in [5.74, 6) is 1.08. The smallest absolute Gasteiger partial charge is 0.315 e. The molecule has 1 heterocycles. The van der Waals surface area contributed by atoms with Gasteiger partial charge in [-0.3, -0.25) is 0 Å². The molecule has 0 radical (unpaired) electrons. The molecule has 3 nitrogen and oxygen atoms in total. The Kier molecular flexibility index (Phi) is 2.79. The first-order valence-electron chi connectivity index (χ1n) is 5.31. The van der Waals surface area contributed by atoms with E-state index < -0.39 is 0 Å².